The fourth-order valence-electron chi connectivity index (χ4n) is 2.81. The van der Waals surface area contributed by atoms with Gasteiger partial charge >= 0.3 is 0 Å². The summed E-state index contributed by atoms with van der Waals surface area (Å²) in [4.78, 5) is 20.6. The summed E-state index contributed by atoms with van der Waals surface area (Å²) in [6.07, 6.45) is 1.37. The Kier molecular flexibility index (Phi) is 5.02. The van der Waals surface area contributed by atoms with Crippen molar-refractivity contribution >= 4 is 39.3 Å². The predicted molar refractivity (Wildman–Crippen MR) is 104 cm³/mol. The van der Waals surface area contributed by atoms with Crippen molar-refractivity contribution in [2.75, 3.05) is 18.1 Å². The highest BCUT2D eigenvalue weighted by Crippen LogP contribution is 2.34. The van der Waals surface area contributed by atoms with Gasteiger partial charge in [0.2, 0.25) is 16.0 Å². The number of halogens is 2. The van der Waals surface area contributed by atoms with Gasteiger partial charge in [0.1, 0.15) is 17.2 Å². The number of hydrogen-bond donors (Lipinski definition) is 2. The van der Waals surface area contributed by atoms with Gasteiger partial charge in [0.25, 0.3) is 5.91 Å². The first-order valence-electron chi connectivity index (χ1n) is 8.07. The third-order valence-electron chi connectivity index (χ3n) is 4.34. The van der Waals surface area contributed by atoms with Gasteiger partial charge < -0.3 is 11.1 Å². The van der Waals surface area contributed by atoms with Crippen LogP contribution in [0.2, 0.25) is 5.02 Å². The van der Waals surface area contributed by atoms with Crippen LogP contribution < -0.4 is 11.1 Å². The number of sulfonamides is 1. The Balaban J connectivity index is 1.97. The molecule has 1 amide bonds. The van der Waals surface area contributed by atoms with Gasteiger partial charge in [-0.25, -0.2) is 27.1 Å². The highest BCUT2D eigenvalue weighted by molar-refractivity contribution is 7.89. The number of carbonyl (C=O) groups excluding carboxylic acids is 1. The molecule has 11 heteroatoms. The van der Waals surface area contributed by atoms with Crippen LogP contribution in [0.3, 0.4) is 0 Å². The van der Waals surface area contributed by atoms with Crippen LogP contribution in [0.1, 0.15) is 22.8 Å². The van der Waals surface area contributed by atoms with Crippen molar-refractivity contribution in [2.24, 2.45) is 10.7 Å². The second-order valence-electron chi connectivity index (χ2n) is 6.48. The van der Waals surface area contributed by atoms with Crippen LogP contribution in [0, 0.1) is 5.82 Å². The molecule has 0 aliphatic carbocycles. The molecule has 0 spiro atoms. The fraction of sp³-hybridized carbons (Fsp3) is 0.235. The van der Waals surface area contributed by atoms with Crippen LogP contribution in [-0.4, -0.2) is 42.4 Å². The number of aromatic nitrogens is 1. The predicted octanol–water partition coefficient (Wildman–Crippen LogP) is 1.93. The number of carbonyl (C=O) groups is 1. The van der Waals surface area contributed by atoms with E-state index in [1.54, 1.807) is 6.07 Å². The maximum atomic E-state index is 14.5. The van der Waals surface area contributed by atoms with Gasteiger partial charge in [-0.15, -0.1) is 0 Å². The molecule has 1 aromatic carbocycles. The van der Waals surface area contributed by atoms with Crippen LogP contribution >= 0.6 is 11.6 Å². The summed E-state index contributed by atoms with van der Waals surface area (Å²) in [5.41, 5.74) is 4.29. The van der Waals surface area contributed by atoms with Crippen molar-refractivity contribution in [1.29, 1.82) is 0 Å². The number of nitrogens with zero attached hydrogens (tertiary/aromatic N) is 3. The van der Waals surface area contributed by atoms with Gasteiger partial charge in [-0.2, -0.15) is 0 Å². The number of aliphatic imine (C=N–C) groups is 1. The molecule has 1 atom stereocenters. The van der Waals surface area contributed by atoms with Gasteiger partial charge in [0, 0.05) is 24.4 Å². The number of pyridine rings is 1. The Labute approximate surface area is 166 Å². The van der Waals surface area contributed by atoms with E-state index >= 15 is 0 Å². The van der Waals surface area contributed by atoms with Crippen molar-refractivity contribution in [2.45, 2.75) is 12.5 Å². The van der Waals surface area contributed by atoms with Crippen LogP contribution in [0.25, 0.3) is 0 Å². The van der Waals surface area contributed by atoms with E-state index in [1.807, 2.05) is 0 Å². The Hall–Kier alpha value is -2.72. The zero-order chi connectivity index (χ0) is 20.7. The highest BCUT2D eigenvalue weighted by Gasteiger charge is 2.41. The first-order chi connectivity index (χ1) is 13.0. The lowest BCUT2D eigenvalue weighted by Gasteiger charge is -2.34. The lowest BCUT2D eigenvalue weighted by atomic mass is 9.92. The van der Waals surface area contributed by atoms with Crippen LogP contribution in [0.15, 0.2) is 41.5 Å². The topological polar surface area (TPSA) is 118 Å². The second-order valence-corrected chi connectivity index (χ2v) is 8.91. The van der Waals surface area contributed by atoms with Gasteiger partial charge in [-0.1, -0.05) is 11.6 Å². The van der Waals surface area contributed by atoms with Gasteiger partial charge in [0.15, 0.2) is 0 Å². The average molecular weight is 426 g/mol. The normalized spacial score (nSPS) is 21.1. The molecule has 1 aromatic heterocycles. The zero-order valence-electron chi connectivity index (χ0n) is 15.0. The summed E-state index contributed by atoms with van der Waals surface area (Å²) in [5.74, 6) is -1.73. The molecule has 28 heavy (non-hydrogen) atoms. The Morgan fingerprint density at radius 3 is 2.68 bits per heavy atom. The summed E-state index contributed by atoms with van der Waals surface area (Å²) in [7, 11) is -2.51. The Morgan fingerprint density at radius 1 is 1.36 bits per heavy atom. The molecule has 0 saturated heterocycles. The van der Waals surface area contributed by atoms with Crippen LogP contribution in [-0.2, 0) is 15.6 Å². The van der Waals surface area contributed by atoms with Crippen molar-refractivity contribution in [3.8, 4) is 0 Å². The standard InChI is InChI=1S/C17H17ClFN5O3S/c1-17(9-28(26,27)24(2)16(20)23-17)12-7-10(3-5-13(12)19)15(25)22-14-6-4-11(18)8-21-14/h3-8H,9H2,1-2H3,(H2,20,23)(H,21,22,25)/t17-/m0/s1. The third-order valence-corrected chi connectivity index (χ3v) is 6.51. The molecule has 0 radical (unpaired) electrons. The quantitative estimate of drug-likeness (QED) is 0.779. The minimum absolute atomic E-state index is 0.0520. The first-order valence-corrected chi connectivity index (χ1v) is 10.1. The number of guanidine groups is 1. The zero-order valence-corrected chi connectivity index (χ0v) is 16.6. The largest absolute Gasteiger partial charge is 0.369 e. The van der Waals surface area contributed by atoms with Gasteiger partial charge in [0.05, 0.1) is 10.8 Å². The fourth-order valence-corrected chi connectivity index (χ4v) is 4.37. The lowest BCUT2D eigenvalue weighted by Crippen LogP contribution is -2.50. The molecule has 8 nitrogen and oxygen atoms in total. The van der Waals surface area contributed by atoms with Gasteiger partial charge in [-0.3, -0.25) is 4.79 Å². The number of benzene rings is 1. The molecular weight excluding hydrogens is 409 g/mol. The number of nitrogens with two attached hydrogens (primary N) is 1. The molecule has 0 unspecified atom stereocenters. The molecule has 3 N–H and O–H groups in total. The summed E-state index contributed by atoms with van der Waals surface area (Å²) >= 11 is 5.76. The van der Waals surface area contributed by atoms with Crippen LogP contribution in [0.4, 0.5) is 10.2 Å². The third kappa shape index (κ3) is 3.78. The highest BCUT2D eigenvalue weighted by atomic mass is 35.5. The van der Waals surface area contributed by atoms with E-state index in [2.05, 4.69) is 15.3 Å². The van der Waals surface area contributed by atoms with E-state index in [0.717, 1.165) is 10.4 Å². The smallest absolute Gasteiger partial charge is 0.256 e. The van der Waals surface area contributed by atoms with Gasteiger partial charge in [-0.05, 0) is 37.3 Å². The molecule has 3 rings (SSSR count). The monoisotopic (exact) mass is 425 g/mol. The van der Waals surface area contributed by atoms with E-state index in [-0.39, 0.29) is 22.9 Å². The number of nitrogens with one attached hydrogen (secondary N) is 1. The Morgan fingerprint density at radius 2 is 2.07 bits per heavy atom. The minimum Gasteiger partial charge on any atom is -0.369 e. The maximum Gasteiger partial charge on any atom is 0.256 e. The van der Waals surface area contributed by atoms with Crippen molar-refractivity contribution in [3.63, 3.8) is 0 Å². The average Bonchev–Trinajstić information content (AvgIpc) is 2.61. The second kappa shape index (κ2) is 7.02. The van der Waals surface area contributed by atoms with E-state index in [4.69, 9.17) is 17.3 Å². The summed E-state index contributed by atoms with van der Waals surface area (Å²) in [6, 6.07) is 6.70. The minimum atomic E-state index is -3.78. The van der Waals surface area contributed by atoms with E-state index in [9.17, 15) is 17.6 Å². The lowest BCUT2D eigenvalue weighted by molar-refractivity contribution is 0.102. The summed E-state index contributed by atoms with van der Waals surface area (Å²) in [5, 5.41) is 2.97. The SMILES string of the molecule is CN1C(N)=N[C@](C)(c2cc(C(=O)Nc3ccc(Cl)cn3)ccc2F)CS1(=O)=O. The molecule has 0 bridgehead atoms. The van der Waals surface area contributed by atoms with E-state index < -0.39 is 33.0 Å². The summed E-state index contributed by atoms with van der Waals surface area (Å²) < 4.78 is 40.0. The molecule has 1 aliphatic rings. The molecular formula is C17H17ClFN5O3S. The molecule has 0 fully saturated rings. The number of anilines is 1. The van der Waals surface area contributed by atoms with E-state index in [0.29, 0.717) is 5.02 Å². The molecule has 148 valence electrons. The molecule has 2 aromatic rings. The first kappa shape index (κ1) is 20.0. The summed E-state index contributed by atoms with van der Waals surface area (Å²) in [6.45, 7) is 1.45. The molecule has 0 saturated carbocycles. The molecule has 1 aliphatic heterocycles. The van der Waals surface area contributed by atoms with E-state index in [1.165, 1.54) is 38.4 Å². The number of rotatable bonds is 3. The maximum absolute atomic E-state index is 14.5. The number of hydrogen-bond acceptors (Lipinski definition) is 6. The van der Waals surface area contributed by atoms with Crippen molar-refractivity contribution < 1.29 is 17.6 Å². The van der Waals surface area contributed by atoms with Crippen LogP contribution in [0.5, 0.6) is 0 Å². The molecule has 2 heterocycles. The van der Waals surface area contributed by atoms with Crippen molar-refractivity contribution in [3.05, 3.63) is 58.5 Å². The Bertz CT molecular complexity index is 1070. The van der Waals surface area contributed by atoms with Crippen molar-refractivity contribution in [1.82, 2.24) is 9.29 Å². The number of amides is 1.